The van der Waals surface area contributed by atoms with Crippen LogP contribution in [0, 0.1) is 13.8 Å². The molecule has 0 saturated carbocycles. The molecule has 128 valence electrons. The molecule has 0 radical (unpaired) electrons. The van der Waals surface area contributed by atoms with Crippen LogP contribution in [0.4, 0.5) is 5.69 Å². The van der Waals surface area contributed by atoms with Crippen LogP contribution < -0.4 is 5.32 Å². The lowest BCUT2D eigenvalue weighted by atomic mass is 10.1. The molecular weight excluding hydrogens is 356 g/mol. The minimum absolute atomic E-state index is 0.216. The van der Waals surface area contributed by atoms with Crippen LogP contribution in [0.15, 0.2) is 41.1 Å². The fourth-order valence-corrected chi connectivity index (χ4v) is 3.75. The van der Waals surface area contributed by atoms with Gasteiger partial charge in [-0.2, -0.15) is 0 Å². The molecule has 25 heavy (non-hydrogen) atoms. The van der Waals surface area contributed by atoms with E-state index >= 15 is 0 Å². The van der Waals surface area contributed by atoms with E-state index in [1.54, 1.807) is 16.7 Å². The number of esters is 1. The largest absolute Gasteiger partial charge is 0.451 e. The van der Waals surface area contributed by atoms with E-state index in [0.29, 0.717) is 0 Å². The van der Waals surface area contributed by atoms with Crippen molar-refractivity contribution in [2.24, 2.45) is 0 Å². The van der Waals surface area contributed by atoms with E-state index in [2.05, 4.69) is 10.3 Å². The van der Waals surface area contributed by atoms with Crippen molar-refractivity contribution in [1.29, 1.82) is 0 Å². The van der Waals surface area contributed by atoms with Crippen molar-refractivity contribution in [3.05, 3.63) is 57.9 Å². The third kappa shape index (κ3) is 4.32. The number of nitrogens with one attached hydrogen (secondary N) is 1. The zero-order valence-corrected chi connectivity index (χ0v) is 15.4. The number of benzene rings is 1. The van der Waals surface area contributed by atoms with Gasteiger partial charge in [0, 0.05) is 11.1 Å². The molecule has 1 amide bonds. The summed E-state index contributed by atoms with van der Waals surface area (Å²) in [6, 6.07) is 9.65. The lowest BCUT2D eigenvalue weighted by Crippen LogP contribution is -2.21. The highest BCUT2D eigenvalue weighted by Crippen LogP contribution is 2.27. The molecule has 0 aliphatic heterocycles. The molecule has 2 aromatic heterocycles. The fourth-order valence-electron chi connectivity index (χ4n) is 2.14. The predicted octanol–water partition coefficient (Wildman–Crippen LogP) is 4.28. The van der Waals surface area contributed by atoms with Gasteiger partial charge in [-0.3, -0.25) is 4.79 Å². The maximum Gasteiger partial charge on any atom is 0.358 e. The quantitative estimate of drug-likeness (QED) is 0.679. The number of carbonyl (C=O) groups is 2. The van der Waals surface area contributed by atoms with Crippen LogP contribution in [0.25, 0.3) is 9.88 Å². The summed E-state index contributed by atoms with van der Waals surface area (Å²) in [7, 11) is 0. The van der Waals surface area contributed by atoms with Gasteiger partial charge < -0.3 is 10.1 Å². The number of hydrogen-bond acceptors (Lipinski definition) is 6. The molecule has 0 fully saturated rings. The second kappa shape index (κ2) is 7.58. The molecule has 3 aromatic rings. The SMILES string of the molecule is Cc1ccc(C)c(NC(=O)COC(=O)c2csc(-c3cccs3)n2)c1. The van der Waals surface area contributed by atoms with Crippen LogP contribution in [-0.4, -0.2) is 23.5 Å². The standard InChI is InChI=1S/C18H16N2O3S2/c1-11-5-6-12(2)13(8-11)19-16(21)9-23-18(22)14-10-25-17(20-14)15-4-3-7-24-15/h3-8,10H,9H2,1-2H3,(H,19,21). The van der Waals surface area contributed by atoms with E-state index in [9.17, 15) is 9.59 Å². The normalized spacial score (nSPS) is 10.5. The van der Waals surface area contributed by atoms with Crippen LogP contribution in [0.3, 0.4) is 0 Å². The fraction of sp³-hybridized carbons (Fsp3) is 0.167. The van der Waals surface area contributed by atoms with Crippen LogP contribution in [0.2, 0.25) is 0 Å². The lowest BCUT2D eigenvalue weighted by Gasteiger charge is -2.09. The van der Waals surface area contributed by atoms with Crippen LogP contribution >= 0.6 is 22.7 Å². The number of aryl methyl sites for hydroxylation is 2. The molecule has 0 aliphatic rings. The molecule has 0 saturated heterocycles. The third-order valence-electron chi connectivity index (χ3n) is 3.45. The van der Waals surface area contributed by atoms with Crippen molar-refractivity contribution in [2.75, 3.05) is 11.9 Å². The van der Waals surface area contributed by atoms with E-state index in [4.69, 9.17) is 4.74 Å². The van der Waals surface area contributed by atoms with Gasteiger partial charge in [0.25, 0.3) is 5.91 Å². The number of hydrogen-bond donors (Lipinski definition) is 1. The number of carbonyl (C=O) groups excluding carboxylic acids is 2. The van der Waals surface area contributed by atoms with Gasteiger partial charge in [-0.1, -0.05) is 18.2 Å². The summed E-state index contributed by atoms with van der Waals surface area (Å²) in [5, 5.41) is 7.11. The topological polar surface area (TPSA) is 68.3 Å². The van der Waals surface area contributed by atoms with Crippen LogP contribution in [0.5, 0.6) is 0 Å². The third-order valence-corrected chi connectivity index (χ3v) is 5.33. The van der Waals surface area contributed by atoms with Gasteiger partial charge in [-0.15, -0.1) is 22.7 Å². The average Bonchev–Trinajstić information content (AvgIpc) is 3.26. The molecule has 3 rings (SSSR count). The summed E-state index contributed by atoms with van der Waals surface area (Å²) in [5.41, 5.74) is 2.93. The van der Waals surface area contributed by atoms with E-state index in [-0.39, 0.29) is 18.2 Å². The Bertz CT molecular complexity index is 901. The van der Waals surface area contributed by atoms with Crippen molar-refractivity contribution in [3.8, 4) is 9.88 Å². The van der Waals surface area contributed by atoms with Gasteiger partial charge in [0.2, 0.25) is 0 Å². The second-order valence-corrected chi connectivity index (χ2v) is 7.26. The van der Waals surface area contributed by atoms with Gasteiger partial charge in [0.05, 0.1) is 4.88 Å². The van der Waals surface area contributed by atoms with E-state index in [1.165, 1.54) is 11.3 Å². The Morgan fingerprint density at radius 2 is 2.04 bits per heavy atom. The monoisotopic (exact) mass is 372 g/mol. The Balaban J connectivity index is 1.57. The molecule has 2 heterocycles. The molecule has 0 aliphatic carbocycles. The first-order chi connectivity index (χ1) is 12.0. The molecule has 1 N–H and O–H groups in total. The highest BCUT2D eigenvalue weighted by Gasteiger charge is 2.15. The number of ether oxygens (including phenoxy) is 1. The maximum atomic E-state index is 12.1. The number of thiazole rings is 1. The number of rotatable bonds is 5. The smallest absolute Gasteiger partial charge is 0.358 e. The Morgan fingerprint density at radius 3 is 2.80 bits per heavy atom. The first-order valence-corrected chi connectivity index (χ1v) is 9.32. The van der Waals surface area contributed by atoms with E-state index < -0.39 is 5.97 Å². The predicted molar refractivity (Wildman–Crippen MR) is 100 cm³/mol. The zero-order chi connectivity index (χ0) is 17.8. The second-order valence-electron chi connectivity index (χ2n) is 5.46. The van der Waals surface area contributed by atoms with Crippen molar-refractivity contribution >= 4 is 40.2 Å². The Labute approximate surface area is 153 Å². The summed E-state index contributed by atoms with van der Waals surface area (Å²) < 4.78 is 5.06. The summed E-state index contributed by atoms with van der Waals surface area (Å²) in [4.78, 5) is 29.3. The number of nitrogens with zero attached hydrogens (tertiary/aromatic N) is 1. The highest BCUT2D eigenvalue weighted by molar-refractivity contribution is 7.20. The number of amides is 1. The summed E-state index contributed by atoms with van der Waals surface area (Å²) >= 11 is 2.93. The summed E-state index contributed by atoms with van der Waals surface area (Å²) in [6.45, 7) is 3.50. The number of thiophene rings is 1. The first-order valence-electron chi connectivity index (χ1n) is 7.56. The lowest BCUT2D eigenvalue weighted by molar-refractivity contribution is -0.119. The molecule has 0 spiro atoms. The van der Waals surface area contributed by atoms with Crippen molar-refractivity contribution < 1.29 is 14.3 Å². The van der Waals surface area contributed by atoms with Gasteiger partial charge in [0.15, 0.2) is 12.3 Å². The Morgan fingerprint density at radius 1 is 1.20 bits per heavy atom. The van der Waals surface area contributed by atoms with E-state index in [1.807, 2.05) is 49.6 Å². The minimum Gasteiger partial charge on any atom is -0.451 e. The zero-order valence-electron chi connectivity index (χ0n) is 13.7. The highest BCUT2D eigenvalue weighted by atomic mass is 32.1. The molecule has 0 unspecified atom stereocenters. The number of anilines is 1. The number of aromatic nitrogens is 1. The summed E-state index contributed by atoms with van der Waals surface area (Å²) in [5.74, 6) is -0.981. The van der Waals surface area contributed by atoms with Gasteiger partial charge in [0.1, 0.15) is 5.01 Å². The molecule has 1 aromatic carbocycles. The Hall–Kier alpha value is -2.51. The van der Waals surface area contributed by atoms with Crippen molar-refractivity contribution in [1.82, 2.24) is 4.98 Å². The molecule has 5 nitrogen and oxygen atoms in total. The average molecular weight is 372 g/mol. The van der Waals surface area contributed by atoms with Crippen molar-refractivity contribution in [3.63, 3.8) is 0 Å². The molecule has 7 heteroatoms. The van der Waals surface area contributed by atoms with Gasteiger partial charge in [-0.05, 0) is 42.5 Å². The maximum absolute atomic E-state index is 12.1. The molecular formula is C18H16N2O3S2. The van der Waals surface area contributed by atoms with Crippen LogP contribution in [-0.2, 0) is 9.53 Å². The van der Waals surface area contributed by atoms with Crippen LogP contribution in [0.1, 0.15) is 21.6 Å². The first kappa shape index (κ1) is 17.3. The molecule has 0 atom stereocenters. The summed E-state index contributed by atoms with van der Waals surface area (Å²) in [6.07, 6.45) is 0. The van der Waals surface area contributed by atoms with E-state index in [0.717, 1.165) is 26.7 Å². The van der Waals surface area contributed by atoms with Gasteiger partial charge >= 0.3 is 5.97 Å². The minimum atomic E-state index is -0.602. The van der Waals surface area contributed by atoms with Crippen molar-refractivity contribution in [2.45, 2.75) is 13.8 Å². The van der Waals surface area contributed by atoms with Gasteiger partial charge in [-0.25, -0.2) is 9.78 Å². The molecule has 0 bridgehead atoms. The Kier molecular flexibility index (Phi) is 5.25.